The molecule has 0 aliphatic carbocycles. The van der Waals surface area contributed by atoms with Gasteiger partial charge in [0.1, 0.15) is 0 Å². The van der Waals surface area contributed by atoms with Crippen LogP contribution in [-0.2, 0) is 11.2 Å². The number of carbonyl (C=O) groups is 1. The Morgan fingerprint density at radius 1 is 1.37 bits per heavy atom. The van der Waals surface area contributed by atoms with Crippen LogP contribution in [0.4, 0.5) is 0 Å². The summed E-state index contributed by atoms with van der Waals surface area (Å²) in [6, 6.07) is 1.87. The largest absolute Gasteiger partial charge is 0.355 e. The molecular formula is C12H19Cl3N2OS. The van der Waals surface area contributed by atoms with Gasteiger partial charge in [0, 0.05) is 19.5 Å². The highest BCUT2D eigenvalue weighted by Crippen LogP contribution is 2.31. The van der Waals surface area contributed by atoms with Crippen LogP contribution in [0.2, 0.25) is 8.67 Å². The van der Waals surface area contributed by atoms with E-state index < -0.39 is 0 Å². The number of hydrogen-bond donors (Lipinski definition) is 2. The zero-order valence-corrected chi connectivity index (χ0v) is 13.9. The zero-order valence-electron chi connectivity index (χ0n) is 10.8. The molecule has 19 heavy (non-hydrogen) atoms. The lowest BCUT2D eigenvalue weighted by Gasteiger charge is -2.05. The van der Waals surface area contributed by atoms with Gasteiger partial charge >= 0.3 is 0 Å². The van der Waals surface area contributed by atoms with Gasteiger partial charge in [-0.3, -0.25) is 4.79 Å². The molecule has 1 rings (SSSR count). The molecule has 0 unspecified atom stereocenters. The minimum absolute atomic E-state index is 0. The zero-order chi connectivity index (χ0) is 13.4. The summed E-state index contributed by atoms with van der Waals surface area (Å²) in [6.07, 6.45) is 2.11. The first-order chi connectivity index (χ1) is 8.63. The minimum Gasteiger partial charge on any atom is -0.355 e. The summed E-state index contributed by atoms with van der Waals surface area (Å²) >= 11 is 13.2. The second-order valence-corrected chi connectivity index (χ2v) is 6.19. The molecule has 0 aromatic carbocycles. The molecule has 0 saturated heterocycles. The first kappa shape index (κ1) is 19.0. The van der Waals surface area contributed by atoms with Crippen molar-refractivity contribution >= 4 is 52.9 Å². The van der Waals surface area contributed by atoms with Crippen LogP contribution in [0.3, 0.4) is 0 Å². The molecule has 1 heterocycles. The van der Waals surface area contributed by atoms with Crippen LogP contribution in [-0.4, -0.2) is 25.5 Å². The maximum Gasteiger partial charge on any atom is 0.220 e. The second-order valence-electron chi connectivity index (χ2n) is 3.91. The van der Waals surface area contributed by atoms with E-state index in [4.69, 9.17) is 23.2 Å². The van der Waals surface area contributed by atoms with Gasteiger partial charge in [-0.05, 0) is 31.0 Å². The number of thiophene rings is 1. The highest BCUT2D eigenvalue weighted by Gasteiger charge is 2.07. The van der Waals surface area contributed by atoms with Crippen LogP contribution in [0.5, 0.6) is 0 Å². The molecule has 0 bridgehead atoms. The minimum atomic E-state index is 0. The van der Waals surface area contributed by atoms with Crippen molar-refractivity contribution < 1.29 is 4.79 Å². The molecule has 0 radical (unpaired) electrons. The monoisotopic (exact) mass is 344 g/mol. The smallest absolute Gasteiger partial charge is 0.220 e. The van der Waals surface area contributed by atoms with Gasteiger partial charge in [-0.2, -0.15) is 0 Å². The number of likely N-dealkylation sites (N-methyl/N-ethyl adjacent to an activating group) is 1. The van der Waals surface area contributed by atoms with Gasteiger partial charge in [0.2, 0.25) is 5.91 Å². The van der Waals surface area contributed by atoms with E-state index in [9.17, 15) is 4.79 Å². The molecule has 1 amide bonds. The van der Waals surface area contributed by atoms with Gasteiger partial charge in [0.25, 0.3) is 0 Å². The van der Waals surface area contributed by atoms with E-state index in [-0.39, 0.29) is 18.3 Å². The topological polar surface area (TPSA) is 41.1 Å². The molecule has 0 fully saturated rings. The molecule has 7 heteroatoms. The molecule has 0 spiro atoms. The van der Waals surface area contributed by atoms with Crippen molar-refractivity contribution in [2.45, 2.75) is 26.2 Å². The number of nitrogens with one attached hydrogen (secondary N) is 2. The molecule has 3 nitrogen and oxygen atoms in total. The van der Waals surface area contributed by atoms with Crippen LogP contribution in [0.25, 0.3) is 0 Å². The average Bonchev–Trinajstić information content (AvgIpc) is 2.64. The Morgan fingerprint density at radius 2 is 2.11 bits per heavy atom. The van der Waals surface area contributed by atoms with Crippen molar-refractivity contribution in [1.29, 1.82) is 0 Å². The Hall–Kier alpha value is -0.000000000000000222. The van der Waals surface area contributed by atoms with Gasteiger partial charge in [-0.25, -0.2) is 0 Å². The van der Waals surface area contributed by atoms with Crippen molar-refractivity contribution in [1.82, 2.24) is 10.6 Å². The lowest BCUT2D eigenvalue weighted by Crippen LogP contribution is -2.31. The first-order valence-electron chi connectivity index (χ1n) is 6.04. The Bertz CT molecular complexity index is 385. The molecule has 0 aliphatic heterocycles. The third-order valence-electron chi connectivity index (χ3n) is 2.45. The normalized spacial score (nSPS) is 10.1. The van der Waals surface area contributed by atoms with Crippen molar-refractivity contribution in [2.75, 3.05) is 19.6 Å². The van der Waals surface area contributed by atoms with Crippen molar-refractivity contribution in [2.24, 2.45) is 0 Å². The number of halogens is 3. The summed E-state index contributed by atoms with van der Waals surface area (Å²) in [4.78, 5) is 11.5. The van der Waals surface area contributed by atoms with Gasteiger partial charge in [0.05, 0.1) is 8.67 Å². The fourth-order valence-electron chi connectivity index (χ4n) is 1.54. The Morgan fingerprint density at radius 3 is 2.68 bits per heavy atom. The predicted molar refractivity (Wildman–Crippen MR) is 86.1 cm³/mol. The third-order valence-corrected chi connectivity index (χ3v) is 4.02. The summed E-state index contributed by atoms with van der Waals surface area (Å²) in [7, 11) is 0. The lowest BCUT2D eigenvalue weighted by molar-refractivity contribution is -0.121. The maximum absolute atomic E-state index is 11.5. The van der Waals surface area contributed by atoms with Crippen molar-refractivity contribution in [3.8, 4) is 0 Å². The molecule has 2 N–H and O–H groups in total. The highest BCUT2D eigenvalue weighted by molar-refractivity contribution is 7.20. The fourth-order valence-corrected chi connectivity index (χ4v) is 3.08. The van der Waals surface area contributed by atoms with Crippen LogP contribution in [0, 0.1) is 0 Å². The van der Waals surface area contributed by atoms with Gasteiger partial charge in [0.15, 0.2) is 0 Å². The number of amides is 1. The van der Waals surface area contributed by atoms with Crippen LogP contribution in [0.1, 0.15) is 25.3 Å². The van der Waals surface area contributed by atoms with Crippen LogP contribution < -0.4 is 10.6 Å². The summed E-state index contributed by atoms with van der Waals surface area (Å²) in [6.45, 7) is 4.46. The van der Waals surface area contributed by atoms with E-state index in [1.165, 1.54) is 11.3 Å². The predicted octanol–water partition coefficient (Wildman–Crippen LogP) is 3.53. The Labute approximate surface area is 134 Å². The van der Waals surface area contributed by atoms with E-state index >= 15 is 0 Å². The first-order valence-corrected chi connectivity index (χ1v) is 7.61. The Balaban J connectivity index is 0.00000324. The average molecular weight is 346 g/mol. The maximum atomic E-state index is 11.5. The van der Waals surface area contributed by atoms with E-state index in [0.717, 1.165) is 35.8 Å². The van der Waals surface area contributed by atoms with Gasteiger partial charge in [-0.15, -0.1) is 23.7 Å². The fraction of sp³-hybridized carbons (Fsp3) is 0.583. The SMILES string of the molecule is CCNCCNC(=O)CCCc1cc(Cl)sc1Cl.Cl. The molecule has 110 valence electrons. The second kappa shape index (κ2) is 10.7. The number of aryl methyl sites for hydroxylation is 1. The van der Waals surface area contributed by atoms with Crippen LogP contribution >= 0.6 is 46.9 Å². The van der Waals surface area contributed by atoms with Gasteiger partial charge < -0.3 is 10.6 Å². The summed E-state index contributed by atoms with van der Waals surface area (Å²) in [5.74, 6) is 0.0883. The summed E-state index contributed by atoms with van der Waals surface area (Å²) in [5, 5.41) is 6.02. The van der Waals surface area contributed by atoms with Gasteiger partial charge in [-0.1, -0.05) is 30.1 Å². The standard InChI is InChI=1S/C12H18Cl2N2OS.ClH/c1-2-15-6-7-16-11(17)5-3-4-9-8-10(13)18-12(9)14;/h8,15H,2-7H2,1H3,(H,16,17);1H. The van der Waals surface area contributed by atoms with Crippen molar-refractivity contribution in [3.63, 3.8) is 0 Å². The molecule has 1 aromatic rings. The molecule has 0 aliphatic rings. The van der Waals surface area contributed by atoms with E-state index in [2.05, 4.69) is 10.6 Å². The molecular weight excluding hydrogens is 327 g/mol. The molecule has 1 aromatic heterocycles. The molecule has 0 atom stereocenters. The number of hydrogen-bond acceptors (Lipinski definition) is 3. The number of carbonyl (C=O) groups excluding carboxylic acids is 1. The highest BCUT2D eigenvalue weighted by atomic mass is 35.5. The number of rotatable bonds is 8. The lowest BCUT2D eigenvalue weighted by atomic mass is 10.1. The quantitative estimate of drug-likeness (QED) is 0.708. The van der Waals surface area contributed by atoms with E-state index in [0.29, 0.717) is 17.3 Å². The van der Waals surface area contributed by atoms with E-state index in [1.807, 2.05) is 13.0 Å². The third kappa shape index (κ3) is 8.00. The van der Waals surface area contributed by atoms with Crippen molar-refractivity contribution in [3.05, 3.63) is 20.3 Å². The summed E-state index contributed by atoms with van der Waals surface area (Å²) < 4.78 is 1.43. The van der Waals surface area contributed by atoms with E-state index in [1.54, 1.807) is 0 Å². The Kier molecular flexibility index (Phi) is 10.7. The molecule has 0 saturated carbocycles. The van der Waals surface area contributed by atoms with Crippen LogP contribution in [0.15, 0.2) is 6.07 Å². The summed E-state index contributed by atoms with van der Waals surface area (Å²) in [5.41, 5.74) is 1.03.